The average molecular weight is 416 g/mol. The van der Waals surface area contributed by atoms with Crippen LogP contribution in [0.3, 0.4) is 0 Å². The maximum atomic E-state index is 13.4. The Balaban J connectivity index is 1.24. The van der Waals surface area contributed by atoms with Gasteiger partial charge in [0, 0.05) is 41.8 Å². The number of amides is 2. The van der Waals surface area contributed by atoms with E-state index < -0.39 is 0 Å². The summed E-state index contributed by atoms with van der Waals surface area (Å²) in [4.78, 5) is 31.7. The molecule has 2 atom stereocenters. The van der Waals surface area contributed by atoms with Crippen LogP contribution in [0.1, 0.15) is 36.8 Å². The fourth-order valence-electron chi connectivity index (χ4n) is 5.30. The number of aromatic nitrogens is 1. The third kappa shape index (κ3) is 3.85. The summed E-state index contributed by atoms with van der Waals surface area (Å²) in [5.41, 5.74) is 4.58. The molecule has 160 valence electrons. The van der Waals surface area contributed by atoms with Gasteiger partial charge in [0.15, 0.2) is 0 Å². The lowest BCUT2D eigenvalue weighted by Crippen LogP contribution is -2.45. The van der Waals surface area contributed by atoms with E-state index in [9.17, 15) is 9.59 Å². The van der Waals surface area contributed by atoms with Crippen molar-refractivity contribution in [3.05, 3.63) is 65.9 Å². The van der Waals surface area contributed by atoms with E-state index in [1.807, 2.05) is 41.4 Å². The van der Waals surface area contributed by atoms with E-state index in [0.29, 0.717) is 6.54 Å². The number of nitrogens with one attached hydrogen (secondary N) is 2. The first-order valence-electron chi connectivity index (χ1n) is 11.4. The molecule has 0 radical (unpaired) electrons. The van der Waals surface area contributed by atoms with Crippen molar-refractivity contribution >= 4 is 28.4 Å². The number of anilines is 1. The maximum absolute atomic E-state index is 13.4. The van der Waals surface area contributed by atoms with Gasteiger partial charge in [-0.2, -0.15) is 0 Å². The van der Waals surface area contributed by atoms with Crippen LogP contribution in [0.25, 0.3) is 10.9 Å². The Morgan fingerprint density at radius 3 is 2.68 bits per heavy atom. The Labute approximate surface area is 182 Å². The van der Waals surface area contributed by atoms with Gasteiger partial charge in [-0.15, -0.1) is 0 Å². The van der Waals surface area contributed by atoms with Crippen LogP contribution in [0.15, 0.2) is 54.7 Å². The Kier molecular flexibility index (Phi) is 5.49. The van der Waals surface area contributed by atoms with Crippen LogP contribution < -0.4 is 10.2 Å². The quantitative estimate of drug-likeness (QED) is 0.655. The van der Waals surface area contributed by atoms with Crippen molar-refractivity contribution in [2.24, 2.45) is 11.8 Å². The average Bonchev–Trinajstić information content (AvgIpc) is 3.43. The van der Waals surface area contributed by atoms with Crippen molar-refractivity contribution < 1.29 is 9.59 Å². The molecule has 5 rings (SSSR count). The molecule has 1 fully saturated rings. The zero-order chi connectivity index (χ0) is 21.2. The van der Waals surface area contributed by atoms with E-state index in [2.05, 4.69) is 28.5 Å². The number of rotatable bonds is 5. The second-order valence-corrected chi connectivity index (χ2v) is 8.77. The topological polar surface area (TPSA) is 65.2 Å². The van der Waals surface area contributed by atoms with Gasteiger partial charge in [-0.25, -0.2) is 0 Å². The van der Waals surface area contributed by atoms with Crippen molar-refractivity contribution in [3.8, 4) is 0 Å². The van der Waals surface area contributed by atoms with Crippen LogP contribution in [0.5, 0.6) is 0 Å². The van der Waals surface area contributed by atoms with E-state index in [1.165, 1.54) is 16.5 Å². The number of carbonyl (C=O) groups is 2. The van der Waals surface area contributed by atoms with Gasteiger partial charge in [0.1, 0.15) is 0 Å². The van der Waals surface area contributed by atoms with Crippen LogP contribution in [-0.2, 0) is 22.4 Å². The molecule has 5 nitrogen and oxygen atoms in total. The lowest BCUT2D eigenvalue weighted by Gasteiger charge is -2.32. The number of carbonyl (C=O) groups excluding carboxylic acids is 2. The predicted molar refractivity (Wildman–Crippen MR) is 123 cm³/mol. The molecule has 31 heavy (non-hydrogen) atoms. The van der Waals surface area contributed by atoms with E-state index >= 15 is 0 Å². The molecule has 0 spiro atoms. The number of benzene rings is 2. The largest absolute Gasteiger partial charge is 0.361 e. The Hall–Kier alpha value is -3.08. The lowest BCUT2D eigenvalue weighted by molar-refractivity contribution is -0.135. The monoisotopic (exact) mass is 415 g/mol. The Bertz CT molecular complexity index is 1100. The van der Waals surface area contributed by atoms with E-state index in [0.717, 1.165) is 56.3 Å². The van der Waals surface area contributed by atoms with Crippen molar-refractivity contribution in [2.75, 3.05) is 18.0 Å². The smallest absolute Gasteiger partial charge is 0.230 e. The van der Waals surface area contributed by atoms with E-state index in [4.69, 9.17) is 0 Å². The van der Waals surface area contributed by atoms with Gasteiger partial charge in [-0.3, -0.25) is 9.59 Å². The third-order valence-corrected chi connectivity index (χ3v) is 6.94. The highest BCUT2D eigenvalue weighted by molar-refractivity contribution is 5.99. The second-order valence-electron chi connectivity index (χ2n) is 8.77. The number of hydrogen-bond donors (Lipinski definition) is 2. The van der Waals surface area contributed by atoms with E-state index in [1.54, 1.807) is 0 Å². The molecule has 0 unspecified atom stereocenters. The fraction of sp³-hybridized carbons (Fsp3) is 0.385. The van der Waals surface area contributed by atoms with Gasteiger partial charge in [-0.1, -0.05) is 49.2 Å². The molecule has 1 aliphatic heterocycles. The molecular weight excluding hydrogens is 386 g/mol. The normalized spacial score (nSPS) is 20.6. The van der Waals surface area contributed by atoms with Crippen molar-refractivity contribution in [1.29, 1.82) is 0 Å². The van der Waals surface area contributed by atoms with Crippen LogP contribution in [-0.4, -0.2) is 29.9 Å². The summed E-state index contributed by atoms with van der Waals surface area (Å²) >= 11 is 0. The Morgan fingerprint density at radius 2 is 1.77 bits per heavy atom. The first-order valence-corrected chi connectivity index (χ1v) is 11.4. The van der Waals surface area contributed by atoms with Crippen LogP contribution in [0.2, 0.25) is 0 Å². The third-order valence-electron chi connectivity index (χ3n) is 6.94. The number of nitrogens with zero attached hydrogens (tertiary/aromatic N) is 1. The molecule has 2 N–H and O–H groups in total. The summed E-state index contributed by atoms with van der Waals surface area (Å²) in [5.74, 6) is -0.281. The summed E-state index contributed by atoms with van der Waals surface area (Å²) in [6, 6.07) is 16.4. The zero-order valence-electron chi connectivity index (χ0n) is 17.8. The van der Waals surface area contributed by atoms with Gasteiger partial charge in [0.2, 0.25) is 11.8 Å². The zero-order valence-corrected chi connectivity index (χ0v) is 17.8. The first-order chi connectivity index (χ1) is 15.2. The standard InChI is InChI=1S/C26H29N3O2/c30-25(27-15-13-19-17-28-23-11-5-4-8-20(19)23)21-9-2-3-10-22(21)26(31)29-16-14-18-7-1-6-12-24(18)29/h1,4-8,11-12,17,21-22,28H,2-3,9-10,13-16H2,(H,27,30)/t21-,22-/m0/s1. The number of aromatic amines is 1. The predicted octanol–water partition coefficient (Wildman–Crippen LogP) is 4.22. The molecule has 0 bridgehead atoms. The molecule has 5 heteroatoms. The van der Waals surface area contributed by atoms with Gasteiger partial charge in [0.05, 0.1) is 5.92 Å². The highest BCUT2D eigenvalue weighted by Gasteiger charge is 2.39. The summed E-state index contributed by atoms with van der Waals surface area (Å²) in [5, 5.41) is 4.33. The minimum Gasteiger partial charge on any atom is -0.361 e. The number of para-hydroxylation sites is 2. The minimum atomic E-state index is -0.225. The molecule has 1 saturated carbocycles. The molecule has 2 amide bonds. The maximum Gasteiger partial charge on any atom is 0.230 e. The molecule has 2 heterocycles. The molecule has 2 aromatic carbocycles. The molecule has 3 aromatic rings. The summed E-state index contributed by atoms with van der Waals surface area (Å²) in [6.45, 7) is 1.31. The van der Waals surface area contributed by atoms with Crippen LogP contribution in [0.4, 0.5) is 5.69 Å². The van der Waals surface area contributed by atoms with Crippen molar-refractivity contribution in [1.82, 2.24) is 10.3 Å². The van der Waals surface area contributed by atoms with Gasteiger partial charge in [-0.05, 0) is 48.9 Å². The van der Waals surface area contributed by atoms with Crippen molar-refractivity contribution in [2.45, 2.75) is 38.5 Å². The lowest BCUT2D eigenvalue weighted by atomic mass is 9.77. The van der Waals surface area contributed by atoms with Crippen LogP contribution >= 0.6 is 0 Å². The molecule has 1 aromatic heterocycles. The van der Waals surface area contributed by atoms with Gasteiger partial charge in [0.25, 0.3) is 0 Å². The van der Waals surface area contributed by atoms with E-state index in [-0.39, 0.29) is 23.7 Å². The molecule has 2 aliphatic rings. The van der Waals surface area contributed by atoms with Crippen molar-refractivity contribution in [3.63, 3.8) is 0 Å². The van der Waals surface area contributed by atoms with Gasteiger partial charge < -0.3 is 15.2 Å². The summed E-state index contributed by atoms with van der Waals surface area (Å²) < 4.78 is 0. The SMILES string of the molecule is O=C(NCCc1c[nH]c2ccccc12)[C@H]1CCCC[C@@H]1C(=O)N1CCc2ccccc21. The number of hydrogen-bond acceptors (Lipinski definition) is 2. The van der Waals surface area contributed by atoms with Crippen LogP contribution in [0, 0.1) is 11.8 Å². The highest BCUT2D eigenvalue weighted by Crippen LogP contribution is 2.36. The first kappa shape index (κ1) is 19.9. The number of fused-ring (bicyclic) bond motifs is 2. The highest BCUT2D eigenvalue weighted by atomic mass is 16.2. The van der Waals surface area contributed by atoms with Gasteiger partial charge >= 0.3 is 0 Å². The molecule has 1 aliphatic carbocycles. The fourth-order valence-corrected chi connectivity index (χ4v) is 5.30. The summed E-state index contributed by atoms with van der Waals surface area (Å²) in [7, 11) is 0. The Morgan fingerprint density at radius 1 is 1.00 bits per heavy atom. The minimum absolute atomic E-state index is 0.0328. The molecule has 0 saturated heterocycles. The molecular formula is C26H29N3O2. The number of H-pyrrole nitrogens is 1. The summed E-state index contributed by atoms with van der Waals surface area (Å²) in [6.07, 6.45) is 7.33. The second kappa shape index (κ2) is 8.58.